The summed E-state index contributed by atoms with van der Waals surface area (Å²) in [4.78, 5) is 14.6. The average Bonchev–Trinajstić information content (AvgIpc) is 3.05. The van der Waals surface area contributed by atoms with Gasteiger partial charge in [0.25, 0.3) is 5.91 Å². The van der Waals surface area contributed by atoms with Crippen LogP contribution in [0.15, 0.2) is 52.7 Å². The van der Waals surface area contributed by atoms with Crippen LogP contribution < -0.4 is 10.2 Å². The van der Waals surface area contributed by atoms with Gasteiger partial charge in [-0.1, -0.05) is 25.0 Å². The molecule has 1 aliphatic rings. The lowest BCUT2D eigenvalue weighted by atomic mass is 10.1. The second-order valence-electron chi connectivity index (χ2n) is 6.42. The molecule has 1 amide bonds. The maximum absolute atomic E-state index is 12.2. The molecule has 26 heavy (non-hydrogen) atoms. The largest absolute Gasteiger partial charge is 0.467 e. The summed E-state index contributed by atoms with van der Waals surface area (Å²) in [6, 6.07) is 13.5. The Kier molecular flexibility index (Phi) is 6.10. The monoisotopic (exact) mass is 349 g/mol. The number of hydrogen-bond acceptors (Lipinski definition) is 4. The van der Waals surface area contributed by atoms with Crippen LogP contribution in [0.1, 0.15) is 37.0 Å². The van der Waals surface area contributed by atoms with Gasteiger partial charge in [0.15, 0.2) is 0 Å². The highest BCUT2D eigenvalue weighted by atomic mass is 16.3. The van der Waals surface area contributed by atoms with Gasteiger partial charge in [0.05, 0.1) is 12.8 Å². The van der Waals surface area contributed by atoms with Crippen molar-refractivity contribution in [3.63, 3.8) is 0 Å². The molecule has 0 bridgehead atoms. The normalized spacial score (nSPS) is 15.2. The summed E-state index contributed by atoms with van der Waals surface area (Å²) < 4.78 is 5.17. The van der Waals surface area contributed by atoms with Crippen molar-refractivity contribution in [3.05, 3.63) is 59.6 Å². The summed E-state index contributed by atoms with van der Waals surface area (Å²) in [5, 5.41) is 12.0. The summed E-state index contributed by atoms with van der Waals surface area (Å²) >= 11 is 0. The van der Waals surface area contributed by atoms with Crippen molar-refractivity contribution < 1.29 is 9.21 Å². The number of nitrogens with one attached hydrogen (secondary N) is 1. The summed E-state index contributed by atoms with van der Waals surface area (Å²) in [6.07, 6.45) is 8.23. The van der Waals surface area contributed by atoms with Crippen LogP contribution in [0.25, 0.3) is 6.08 Å². The second-order valence-corrected chi connectivity index (χ2v) is 6.42. The maximum atomic E-state index is 12.2. The number of hydrogen-bond donors (Lipinski definition) is 1. The van der Waals surface area contributed by atoms with E-state index in [0.717, 1.165) is 18.7 Å². The zero-order chi connectivity index (χ0) is 18.2. The third kappa shape index (κ3) is 4.76. The summed E-state index contributed by atoms with van der Waals surface area (Å²) in [5.74, 6) is 0.248. The van der Waals surface area contributed by atoms with Gasteiger partial charge in [0.2, 0.25) is 0 Å². The summed E-state index contributed by atoms with van der Waals surface area (Å²) in [6.45, 7) is 2.44. The van der Waals surface area contributed by atoms with Crippen molar-refractivity contribution in [1.29, 1.82) is 5.26 Å². The predicted molar refractivity (Wildman–Crippen MR) is 101 cm³/mol. The first-order chi connectivity index (χ1) is 12.8. The van der Waals surface area contributed by atoms with E-state index in [1.165, 1.54) is 31.4 Å². The van der Waals surface area contributed by atoms with Crippen LogP contribution in [0.5, 0.6) is 0 Å². The molecular weight excluding hydrogens is 326 g/mol. The molecular formula is C21H23N3O2. The van der Waals surface area contributed by atoms with E-state index >= 15 is 0 Å². The number of nitrogens with zero attached hydrogens (tertiary/aromatic N) is 2. The lowest BCUT2D eigenvalue weighted by molar-refractivity contribution is -0.117. The Morgan fingerprint density at radius 2 is 1.88 bits per heavy atom. The van der Waals surface area contributed by atoms with E-state index in [1.807, 2.05) is 18.2 Å². The van der Waals surface area contributed by atoms with Gasteiger partial charge in [0, 0.05) is 18.8 Å². The lowest BCUT2D eigenvalue weighted by Crippen LogP contribution is -2.24. The SMILES string of the molecule is N#C/C(=C\c1ccc(N2CCCCCC2)cc1)C(=O)NCc1ccco1. The molecule has 0 atom stereocenters. The molecule has 2 aromatic rings. The Balaban J connectivity index is 1.64. The number of rotatable bonds is 5. The van der Waals surface area contributed by atoms with E-state index in [9.17, 15) is 10.1 Å². The first-order valence-corrected chi connectivity index (χ1v) is 9.03. The Hall–Kier alpha value is -3.00. The van der Waals surface area contributed by atoms with E-state index < -0.39 is 5.91 Å². The minimum atomic E-state index is -0.402. The van der Waals surface area contributed by atoms with E-state index in [4.69, 9.17) is 4.42 Å². The van der Waals surface area contributed by atoms with Crippen LogP contribution in [0.2, 0.25) is 0 Å². The Morgan fingerprint density at radius 3 is 2.50 bits per heavy atom. The van der Waals surface area contributed by atoms with Crippen molar-refractivity contribution in [1.82, 2.24) is 5.32 Å². The minimum absolute atomic E-state index is 0.0825. The highest BCUT2D eigenvalue weighted by molar-refractivity contribution is 6.01. The summed E-state index contributed by atoms with van der Waals surface area (Å²) in [5.41, 5.74) is 2.12. The van der Waals surface area contributed by atoms with Crippen LogP contribution in [0.3, 0.4) is 0 Å². The number of benzene rings is 1. The van der Waals surface area contributed by atoms with Crippen molar-refractivity contribution in [2.75, 3.05) is 18.0 Å². The first kappa shape index (κ1) is 17.8. The number of amides is 1. The highest BCUT2D eigenvalue weighted by Gasteiger charge is 2.11. The number of furan rings is 1. The molecule has 0 spiro atoms. The molecule has 2 heterocycles. The van der Waals surface area contributed by atoms with Crippen molar-refractivity contribution in [2.45, 2.75) is 32.2 Å². The van der Waals surface area contributed by atoms with Crippen LogP contribution >= 0.6 is 0 Å². The molecule has 0 aliphatic carbocycles. The van der Waals surface area contributed by atoms with Crippen LogP contribution in [-0.4, -0.2) is 19.0 Å². The molecule has 1 aromatic carbocycles. The first-order valence-electron chi connectivity index (χ1n) is 9.03. The Labute approximate surface area is 153 Å². The second kappa shape index (κ2) is 8.91. The van der Waals surface area contributed by atoms with Gasteiger partial charge in [-0.15, -0.1) is 0 Å². The fraction of sp³-hybridized carbons (Fsp3) is 0.333. The van der Waals surface area contributed by atoms with E-state index in [1.54, 1.807) is 24.5 Å². The molecule has 0 saturated carbocycles. The molecule has 1 saturated heterocycles. The average molecular weight is 349 g/mol. The molecule has 0 unspecified atom stereocenters. The Bertz CT molecular complexity index is 778. The molecule has 0 radical (unpaired) electrons. The molecule has 1 aromatic heterocycles. The Morgan fingerprint density at radius 1 is 1.15 bits per heavy atom. The molecule has 1 N–H and O–H groups in total. The zero-order valence-corrected chi connectivity index (χ0v) is 14.8. The van der Waals surface area contributed by atoms with E-state index in [-0.39, 0.29) is 12.1 Å². The zero-order valence-electron chi connectivity index (χ0n) is 14.8. The highest BCUT2D eigenvalue weighted by Crippen LogP contribution is 2.21. The summed E-state index contributed by atoms with van der Waals surface area (Å²) in [7, 11) is 0. The van der Waals surface area contributed by atoms with Gasteiger partial charge in [-0.25, -0.2) is 0 Å². The molecule has 3 rings (SSSR count). The van der Waals surface area contributed by atoms with Crippen molar-refractivity contribution >= 4 is 17.7 Å². The van der Waals surface area contributed by atoms with Crippen LogP contribution in [-0.2, 0) is 11.3 Å². The fourth-order valence-corrected chi connectivity index (χ4v) is 3.10. The van der Waals surface area contributed by atoms with Gasteiger partial charge >= 0.3 is 0 Å². The van der Waals surface area contributed by atoms with E-state index in [2.05, 4.69) is 22.3 Å². The van der Waals surface area contributed by atoms with Gasteiger partial charge in [-0.2, -0.15) is 5.26 Å². The fourth-order valence-electron chi connectivity index (χ4n) is 3.10. The third-order valence-electron chi connectivity index (χ3n) is 4.54. The van der Waals surface area contributed by atoms with Gasteiger partial charge in [-0.05, 0) is 48.7 Å². The third-order valence-corrected chi connectivity index (χ3v) is 4.54. The molecule has 1 aliphatic heterocycles. The molecule has 134 valence electrons. The quantitative estimate of drug-likeness (QED) is 0.657. The number of carbonyl (C=O) groups is 1. The minimum Gasteiger partial charge on any atom is -0.467 e. The van der Waals surface area contributed by atoms with Gasteiger partial charge in [-0.3, -0.25) is 4.79 Å². The van der Waals surface area contributed by atoms with Gasteiger partial charge < -0.3 is 14.6 Å². The molecule has 1 fully saturated rings. The van der Waals surface area contributed by atoms with Crippen LogP contribution in [0, 0.1) is 11.3 Å². The predicted octanol–water partition coefficient (Wildman–Crippen LogP) is 3.88. The van der Waals surface area contributed by atoms with Crippen LogP contribution in [0.4, 0.5) is 5.69 Å². The molecule has 5 nitrogen and oxygen atoms in total. The topological polar surface area (TPSA) is 69.3 Å². The number of anilines is 1. The van der Waals surface area contributed by atoms with E-state index in [0.29, 0.717) is 5.76 Å². The maximum Gasteiger partial charge on any atom is 0.262 e. The molecule has 5 heteroatoms. The lowest BCUT2D eigenvalue weighted by Gasteiger charge is -2.22. The standard InChI is InChI=1S/C21H23N3O2/c22-15-18(21(25)23-16-20-6-5-13-26-20)14-17-7-9-19(10-8-17)24-11-3-1-2-4-12-24/h5-10,13-14H,1-4,11-12,16H2,(H,23,25)/b18-14+. The van der Waals surface area contributed by atoms with Gasteiger partial charge in [0.1, 0.15) is 17.4 Å². The van der Waals surface area contributed by atoms with Crippen molar-refractivity contribution in [2.24, 2.45) is 0 Å². The number of carbonyl (C=O) groups excluding carboxylic acids is 1. The van der Waals surface area contributed by atoms with Crippen molar-refractivity contribution in [3.8, 4) is 6.07 Å². The number of nitriles is 1. The smallest absolute Gasteiger partial charge is 0.262 e.